The molecule has 0 unspecified atom stereocenters. The van der Waals surface area contributed by atoms with Gasteiger partial charge < -0.3 is 14.2 Å². The maximum atomic E-state index is 12.5. The summed E-state index contributed by atoms with van der Waals surface area (Å²) in [6, 6.07) is 15.9. The third kappa shape index (κ3) is 4.23. The molecule has 5 rings (SSSR count). The van der Waals surface area contributed by atoms with E-state index in [9.17, 15) is 4.79 Å². The van der Waals surface area contributed by atoms with Gasteiger partial charge in [0, 0.05) is 30.0 Å². The van der Waals surface area contributed by atoms with Gasteiger partial charge in [0.1, 0.15) is 5.52 Å². The molecular formula is C22H20ClN5O2S. The van der Waals surface area contributed by atoms with E-state index in [1.807, 2.05) is 47.4 Å². The molecule has 0 saturated carbocycles. The number of fused-ring (bicyclic) bond motifs is 3. The number of ether oxygens (including phenoxy) is 1. The van der Waals surface area contributed by atoms with Crippen molar-refractivity contribution in [3.8, 4) is 0 Å². The summed E-state index contributed by atoms with van der Waals surface area (Å²) in [6.45, 7) is 3.05. The van der Waals surface area contributed by atoms with Gasteiger partial charge in [-0.1, -0.05) is 53.7 Å². The molecule has 7 nitrogen and oxygen atoms in total. The first kappa shape index (κ1) is 20.2. The van der Waals surface area contributed by atoms with E-state index in [0.717, 1.165) is 27.6 Å². The number of para-hydroxylation sites is 1. The number of carbonyl (C=O) groups is 1. The quantitative estimate of drug-likeness (QED) is 0.429. The summed E-state index contributed by atoms with van der Waals surface area (Å²) in [5.74, 6) is 0.346. The number of amides is 1. The first-order chi connectivity index (χ1) is 15.2. The highest BCUT2D eigenvalue weighted by atomic mass is 35.5. The predicted octanol–water partition coefficient (Wildman–Crippen LogP) is 3.63. The van der Waals surface area contributed by atoms with Crippen molar-refractivity contribution in [1.82, 2.24) is 24.6 Å². The Kier molecular flexibility index (Phi) is 5.76. The van der Waals surface area contributed by atoms with Gasteiger partial charge in [-0.3, -0.25) is 4.79 Å². The zero-order chi connectivity index (χ0) is 21.2. The number of thioether (sulfide) groups is 1. The molecule has 2 aromatic carbocycles. The Labute approximate surface area is 188 Å². The van der Waals surface area contributed by atoms with Gasteiger partial charge >= 0.3 is 0 Å². The molecule has 1 saturated heterocycles. The Balaban J connectivity index is 1.46. The summed E-state index contributed by atoms with van der Waals surface area (Å²) >= 11 is 7.50. The molecule has 158 valence electrons. The van der Waals surface area contributed by atoms with Crippen molar-refractivity contribution in [1.29, 1.82) is 0 Å². The molecule has 1 aliphatic heterocycles. The Morgan fingerprint density at radius 1 is 1.10 bits per heavy atom. The average molecular weight is 454 g/mol. The van der Waals surface area contributed by atoms with E-state index in [1.165, 1.54) is 11.8 Å². The van der Waals surface area contributed by atoms with Crippen LogP contribution in [0.3, 0.4) is 0 Å². The molecule has 1 amide bonds. The number of hydrogen-bond donors (Lipinski definition) is 0. The molecule has 0 spiro atoms. The number of carbonyl (C=O) groups excluding carboxylic acids is 1. The second-order valence-corrected chi connectivity index (χ2v) is 8.66. The fourth-order valence-corrected chi connectivity index (χ4v) is 4.66. The van der Waals surface area contributed by atoms with Crippen molar-refractivity contribution in [3.63, 3.8) is 0 Å². The molecule has 0 radical (unpaired) electrons. The van der Waals surface area contributed by atoms with Crippen LogP contribution in [0.1, 0.15) is 5.56 Å². The zero-order valence-corrected chi connectivity index (χ0v) is 18.3. The standard InChI is InChI=1S/C22H20ClN5O2S/c23-16-5-3-4-15(12-16)13-28-18-7-2-1-6-17(18)20-21(28)24-22(26-25-20)31-14-19(29)27-8-10-30-11-9-27/h1-7,12H,8-11,13-14H2. The van der Waals surface area contributed by atoms with Crippen LogP contribution >= 0.6 is 23.4 Å². The van der Waals surface area contributed by atoms with Crippen LogP contribution in [0.5, 0.6) is 0 Å². The Bertz CT molecular complexity index is 1260. The Hall–Kier alpha value is -2.68. The second-order valence-electron chi connectivity index (χ2n) is 7.28. The second kappa shape index (κ2) is 8.82. The maximum Gasteiger partial charge on any atom is 0.233 e. The minimum atomic E-state index is 0.0662. The molecule has 31 heavy (non-hydrogen) atoms. The van der Waals surface area contributed by atoms with Gasteiger partial charge in [0.05, 0.1) is 24.5 Å². The number of hydrogen-bond acceptors (Lipinski definition) is 6. The molecule has 0 N–H and O–H groups in total. The first-order valence-corrected chi connectivity index (χ1v) is 11.4. The minimum absolute atomic E-state index is 0.0662. The lowest BCUT2D eigenvalue weighted by atomic mass is 10.2. The average Bonchev–Trinajstić information content (AvgIpc) is 3.11. The van der Waals surface area contributed by atoms with Gasteiger partial charge in [-0.05, 0) is 23.8 Å². The number of nitrogens with zero attached hydrogens (tertiary/aromatic N) is 5. The van der Waals surface area contributed by atoms with Crippen molar-refractivity contribution in [3.05, 3.63) is 59.1 Å². The molecule has 9 heteroatoms. The number of morpholine rings is 1. The van der Waals surface area contributed by atoms with Crippen LogP contribution < -0.4 is 0 Å². The summed E-state index contributed by atoms with van der Waals surface area (Å²) in [7, 11) is 0. The first-order valence-electron chi connectivity index (χ1n) is 10.0. The smallest absolute Gasteiger partial charge is 0.233 e. The molecule has 3 heterocycles. The normalized spacial score (nSPS) is 14.4. The van der Waals surface area contributed by atoms with Crippen molar-refractivity contribution in [2.45, 2.75) is 11.7 Å². The van der Waals surface area contributed by atoms with Gasteiger partial charge in [0.15, 0.2) is 5.65 Å². The largest absolute Gasteiger partial charge is 0.378 e. The number of aromatic nitrogens is 4. The van der Waals surface area contributed by atoms with E-state index >= 15 is 0 Å². The topological polar surface area (TPSA) is 73.1 Å². The van der Waals surface area contributed by atoms with E-state index in [4.69, 9.17) is 21.3 Å². The lowest BCUT2D eigenvalue weighted by Crippen LogP contribution is -2.41. The third-order valence-corrected chi connectivity index (χ3v) is 6.33. The van der Waals surface area contributed by atoms with Gasteiger partial charge in [0.25, 0.3) is 0 Å². The highest BCUT2D eigenvalue weighted by Crippen LogP contribution is 2.28. The van der Waals surface area contributed by atoms with Crippen LogP contribution in [-0.4, -0.2) is 62.6 Å². The van der Waals surface area contributed by atoms with Crippen molar-refractivity contribution in [2.75, 3.05) is 32.1 Å². The van der Waals surface area contributed by atoms with Crippen LogP contribution in [0.4, 0.5) is 0 Å². The van der Waals surface area contributed by atoms with E-state index in [0.29, 0.717) is 43.0 Å². The molecule has 0 bridgehead atoms. The van der Waals surface area contributed by atoms with E-state index in [1.54, 1.807) is 0 Å². The summed E-state index contributed by atoms with van der Waals surface area (Å²) in [5.41, 5.74) is 3.61. The highest BCUT2D eigenvalue weighted by molar-refractivity contribution is 7.99. The van der Waals surface area contributed by atoms with Crippen molar-refractivity contribution in [2.24, 2.45) is 0 Å². The fourth-order valence-electron chi connectivity index (χ4n) is 3.76. The lowest BCUT2D eigenvalue weighted by molar-refractivity contribution is -0.132. The molecule has 2 aromatic heterocycles. The van der Waals surface area contributed by atoms with Gasteiger partial charge in [-0.2, -0.15) is 0 Å². The SMILES string of the molecule is O=C(CSc1nnc2c3ccccc3n(Cc3cccc(Cl)c3)c2n1)N1CCOCC1. The summed E-state index contributed by atoms with van der Waals surface area (Å²) in [4.78, 5) is 19.1. The monoisotopic (exact) mass is 453 g/mol. The van der Waals surface area contributed by atoms with Crippen molar-refractivity contribution >= 4 is 51.3 Å². The van der Waals surface area contributed by atoms with E-state index in [-0.39, 0.29) is 11.7 Å². The highest BCUT2D eigenvalue weighted by Gasteiger charge is 2.19. The Morgan fingerprint density at radius 3 is 2.77 bits per heavy atom. The van der Waals surface area contributed by atoms with Gasteiger partial charge in [0.2, 0.25) is 11.1 Å². The number of benzene rings is 2. The molecule has 1 aliphatic rings. The fraction of sp³-hybridized carbons (Fsp3) is 0.273. The van der Waals surface area contributed by atoms with Crippen LogP contribution in [0.15, 0.2) is 53.7 Å². The summed E-state index contributed by atoms with van der Waals surface area (Å²) < 4.78 is 7.44. The van der Waals surface area contributed by atoms with Crippen LogP contribution in [0.2, 0.25) is 5.02 Å². The summed E-state index contributed by atoms with van der Waals surface area (Å²) in [5, 5.41) is 10.9. The van der Waals surface area contributed by atoms with E-state index in [2.05, 4.69) is 20.8 Å². The summed E-state index contributed by atoms with van der Waals surface area (Å²) in [6.07, 6.45) is 0. The van der Waals surface area contributed by atoms with Crippen LogP contribution in [-0.2, 0) is 16.1 Å². The molecule has 0 atom stereocenters. The van der Waals surface area contributed by atoms with Crippen LogP contribution in [0.25, 0.3) is 22.1 Å². The van der Waals surface area contributed by atoms with E-state index < -0.39 is 0 Å². The number of rotatable bonds is 5. The lowest BCUT2D eigenvalue weighted by Gasteiger charge is -2.26. The predicted molar refractivity (Wildman–Crippen MR) is 122 cm³/mol. The number of halogens is 1. The molecule has 1 fully saturated rings. The van der Waals surface area contributed by atoms with Gasteiger partial charge in [-0.25, -0.2) is 4.98 Å². The maximum absolute atomic E-state index is 12.5. The zero-order valence-electron chi connectivity index (χ0n) is 16.7. The molecular weight excluding hydrogens is 434 g/mol. The van der Waals surface area contributed by atoms with Crippen molar-refractivity contribution < 1.29 is 9.53 Å². The molecule has 4 aromatic rings. The minimum Gasteiger partial charge on any atom is -0.378 e. The molecule has 0 aliphatic carbocycles. The Morgan fingerprint density at radius 2 is 1.94 bits per heavy atom. The third-order valence-electron chi connectivity index (χ3n) is 5.27. The van der Waals surface area contributed by atoms with Crippen LogP contribution in [0, 0.1) is 0 Å². The van der Waals surface area contributed by atoms with Gasteiger partial charge in [-0.15, -0.1) is 10.2 Å².